The molecule has 1 aromatic rings. The third-order valence-corrected chi connectivity index (χ3v) is 4.26. The van der Waals surface area contributed by atoms with Gasteiger partial charge in [-0.3, -0.25) is 4.90 Å². The fraction of sp³-hybridized carbons (Fsp3) is 0.562. The molecular formula is C16H24N2OS. The molecule has 1 unspecified atom stereocenters. The zero-order chi connectivity index (χ0) is 14.5. The maximum atomic E-state index is 5.72. The number of methoxy groups -OCH3 is 1. The van der Waals surface area contributed by atoms with Crippen LogP contribution in [0.4, 0.5) is 0 Å². The summed E-state index contributed by atoms with van der Waals surface area (Å²) in [6, 6.07) is 5.95. The van der Waals surface area contributed by atoms with E-state index in [-0.39, 0.29) is 0 Å². The predicted molar refractivity (Wildman–Crippen MR) is 87.2 cm³/mol. The van der Waals surface area contributed by atoms with Gasteiger partial charge in [0.1, 0.15) is 10.7 Å². The van der Waals surface area contributed by atoms with Gasteiger partial charge in [0.2, 0.25) is 0 Å². The van der Waals surface area contributed by atoms with Gasteiger partial charge in [0.25, 0.3) is 0 Å². The molecule has 0 spiro atoms. The minimum atomic E-state index is 0.444. The first-order valence-electron chi connectivity index (χ1n) is 7.33. The smallest absolute Gasteiger partial charge is 0.123 e. The third-order valence-electron chi connectivity index (χ3n) is 4.03. The van der Waals surface area contributed by atoms with Crippen molar-refractivity contribution in [3.05, 3.63) is 29.3 Å². The van der Waals surface area contributed by atoms with Crippen molar-refractivity contribution < 1.29 is 4.74 Å². The van der Waals surface area contributed by atoms with Crippen molar-refractivity contribution in [1.82, 2.24) is 4.90 Å². The highest BCUT2D eigenvalue weighted by molar-refractivity contribution is 7.80. The zero-order valence-corrected chi connectivity index (χ0v) is 13.2. The predicted octanol–water partition coefficient (Wildman–Crippen LogP) is 2.95. The Balaban J connectivity index is 2.08. The molecule has 1 aliphatic rings. The van der Waals surface area contributed by atoms with Crippen LogP contribution < -0.4 is 10.5 Å². The van der Waals surface area contributed by atoms with Gasteiger partial charge in [-0.2, -0.15) is 0 Å². The molecule has 1 heterocycles. The van der Waals surface area contributed by atoms with E-state index in [1.165, 1.54) is 37.9 Å². The second kappa shape index (κ2) is 7.04. The molecule has 0 saturated carbocycles. The maximum Gasteiger partial charge on any atom is 0.123 e. The summed E-state index contributed by atoms with van der Waals surface area (Å²) in [4.78, 5) is 2.95. The number of ether oxygens (including phenoxy) is 1. The van der Waals surface area contributed by atoms with Crippen LogP contribution in [0.3, 0.4) is 0 Å². The highest BCUT2D eigenvalue weighted by Gasteiger charge is 2.22. The minimum Gasteiger partial charge on any atom is -0.496 e. The van der Waals surface area contributed by atoms with E-state index in [0.29, 0.717) is 4.99 Å². The molecule has 0 radical (unpaired) electrons. The summed E-state index contributed by atoms with van der Waals surface area (Å²) in [6.45, 7) is 5.54. The highest BCUT2D eigenvalue weighted by atomic mass is 32.1. The van der Waals surface area contributed by atoms with Crippen molar-refractivity contribution in [3.63, 3.8) is 0 Å². The summed E-state index contributed by atoms with van der Waals surface area (Å²) in [5.41, 5.74) is 7.81. The van der Waals surface area contributed by atoms with Crippen molar-refractivity contribution in [3.8, 4) is 5.75 Å². The van der Waals surface area contributed by atoms with Gasteiger partial charge in [0, 0.05) is 24.2 Å². The van der Waals surface area contributed by atoms with Crippen LogP contribution in [0, 0.1) is 5.92 Å². The van der Waals surface area contributed by atoms with E-state index in [1.54, 1.807) is 7.11 Å². The average Bonchev–Trinajstić information content (AvgIpc) is 2.86. The molecule has 20 heavy (non-hydrogen) atoms. The van der Waals surface area contributed by atoms with Gasteiger partial charge in [0.05, 0.1) is 7.11 Å². The van der Waals surface area contributed by atoms with E-state index < -0.39 is 0 Å². The molecule has 2 N–H and O–H groups in total. The Bertz CT molecular complexity index is 476. The van der Waals surface area contributed by atoms with Crippen molar-refractivity contribution in [2.75, 3.05) is 20.2 Å². The molecule has 0 aromatic heterocycles. The SMILES string of the molecule is CCCC1CCN(Cc2cc(C(N)=S)ccc2OC)C1. The number of hydrogen-bond donors (Lipinski definition) is 1. The van der Waals surface area contributed by atoms with E-state index in [4.69, 9.17) is 22.7 Å². The lowest BCUT2D eigenvalue weighted by atomic mass is 10.0. The van der Waals surface area contributed by atoms with Crippen molar-refractivity contribution in [2.24, 2.45) is 11.7 Å². The Kier molecular flexibility index (Phi) is 5.38. The molecule has 0 amide bonds. The second-order valence-electron chi connectivity index (χ2n) is 5.57. The Hall–Kier alpha value is -1.13. The maximum absolute atomic E-state index is 5.72. The van der Waals surface area contributed by atoms with Crippen LogP contribution in [-0.4, -0.2) is 30.1 Å². The molecule has 1 saturated heterocycles. The number of hydrogen-bond acceptors (Lipinski definition) is 3. The molecule has 0 bridgehead atoms. The van der Waals surface area contributed by atoms with E-state index in [0.717, 1.165) is 23.8 Å². The Morgan fingerprint density at radius 1 is 1.50 bits per heavy atom. The van der Waals surface area contributed by atoms with Crippen molar-refractivity contribution in [1.29, 1.82) is 0 Å². The number of benzene rings is 1. The normalized spacial score (nSPS) is 19.2. The molecule has 4 heteroatoms. The number of thiocarbonyl (C=S) groups is 1. The first-order chi connectivity index (χ1) is 9.63. The van der Waals surface area contributed by atoms with Gasteiger partial charge in [-0.05, 0) is 43.5 Å². The van der Waals surface area contributed by atoms with Crippen molar-refractivity contribution >= 4 is 17.2 Å². The largest absolute Gasteiger partial charge is 0.496 e. The molecule has 1 atom stereocenters. The Morgan fingerprint density at radius 3 is 2.95 bits per heavy atom. The van der Waals surface area contributed by atoms with Gasteiger partial charge < -0.3 is 10.5 Å². The van der Waals surface area contributed by atoms with E-state index >= 15 is 0 Å². The minimum absolute atomic E-state index is 0.444. The van der Waals surface area contributed by atoms with Gasteiger partial charge in [-0.25, -0.2) is 0 Å². The van der Waals surface area contributed by atoms with Crippen LogP contribution in [0.5, 0.6) is 5.75 Å². The molecule has 3 nitrogen and oxygen atoms in total. The monoisotopic (exact) mass is 292 g/mol. The molecule has 0 aliphatic carbocycles. The van der Waals surface area contributed by atoms with Gasteiger partial charge in [-0.1, -0.05) is 25.6 Å². The van der Waals surface area contributed by atoms with Crippen LogP contribution in [0.2, 0.25) is 0 Å². The summed E-state index contributed by atoms with van der Waals surface area (Å²) < 4.78 is 5.45. The van der Waals surface area contributed by atoms with Crippen LogP contribution >= 0.6 is 12.2 Å². The van der Waals surface area contributed by atoms with Crippen LogP contribution in [-0.2, 0) is 6.54 Å². The fourth-order valence-corrected chi connectivity index (χ4v) is 3.12. The van der Waals surface area contributed by atoms with Crippen LogP contribution in [0.1, 0.15) is 37.3 Å². The standard InChI is InChI=1S/C16H24N2OS/c1-3-4-12-7-8-18(10-12)11-14-9-13(16(17)20)5-6-15(14)19-2/h5-6,9,12H,3-4,7-8,10-11H2,1-2H3,(H2,17,20). The number of rotatable bonds is 6. The number of nitrogens with zero attached hydrogens (tertiary/aromatic N) is 1. The van der Waals surface area contributed by atoms with E-state index in [1.807, 2.05) is 12.1 Å². The van der Waals surface area contributed by atoms with Gasteiger partial charge in [-0.15, -0.1) is 0 Å². The summed E-state index contributed by atoms with van der Waals surface area (Å²) in [6.07, 6.45) is 3.92. The highest BCUT2D eigenvalue weighted by Crippen LogP contribution is 2.26. The summed E-state index contributed by atoms with van der Waals surface area (Å²) in [5, 5.41) is 0. The van der Waals surface area contributed by atoms with E-state index in [9.17, 15) is 0 Å². The summed E-state index contributed by atoms with van der Waals surface area (Å²) >= 11 is 5.06. The lowest BCUT2D eigenvalue weighted by Gasteiger charge is -2.18. The lowest BCUT2D eigenvalue weighted by molar-refractivity contribution is 0.305. The molecular weight excluding hydrogens is 268 g/mol. The quantitative estimate of drug-likeness (QED) is 0.818. The second-order valence-corrected chi connectivity index (χ2v) is 6.01. The van der Waals surface area contributed by atoms with Gasteiger partial charge >= 0.3 is 0 Å². The number of likely N-dealkylation sites (tertiary alicyclic amines) is 1. The third kappa shape index (κ3) is 3.70. The topological polar surface area (TPSA) is 38.5 Å². The fourth-order valence-electron chi connectivity index (χ4n) is 3.00. The van der Waals surface area contributed by atoms with Crippen LogP contribution in [0.15, 0.2) is 18.2 Å². The van der Waals surface area contributed by atoms with E-state index in [2.05, 4.69) is 17.9 Å². The van der Waals surface area contributed by atoms with Crippen molar-refractivity contribution in [2.45, 2.75) is 32.7 Å². The van der Waals surface area contributed by atoms with Gasteiger partial charge in [0.15, 0.2) is 0 Å². The number of nitrogens with two attached hydrogens (primary N) is 1. The first kappa shape index (κ1) is 15.3. The van der Waals surface area contributed by atoms with Crippen LogP contribution in [0.25, 0.3) is 0 Å². The molecule has 1 fully saturated rings. The molecule has 1 aromatic carbocycles. The summed E-state index contributed by atoms with van der Waals surface area (Å²) in [7, 11) is 1.71. The lowest BCUT2D eigenvalue weighted by Crippen LogP contribution is -2.21. The molecule has 1 aliphatic heterocycles. The molecule has 2 rings (SSSR count). The molecule has 110 valence electrons. The summed E-state index contributed by atoms with van der Waals surface area (Å²) in [5.74, 6) is 1.77. The Labute approximate surface area is 127 Å². The first-order valence-corrected chi connectivity index (χ1v) is 7.74. The zero-order valence-electron chi connectivity index (χ0n) is 12.4. The average molecular weight is 292 g/mol. The Morgan fingerprint density at radius 2 is 2.30 bits per heavy atom.